The topological polar surface area (TPSA) is 92.7 Å². The Hall–Kier alpha value is -2.44. The van der Waals surface area contributed by atoms with E-state index in [9.17, 15) is 9.59 Å². The second kappa shape index (κ2) is 6.76. The molecular formula is C16H23N5O2. The SMILES string of the molecule is Cc1cc(C)n(C[C@H](C)NC(=O)c2cnc(C(C)C)[nH]c2=O)n1. The van der Waals surface area contributed by atoms with Crippen molar-refractivity contribution in [2.45, 2.75) is 53.1 Å². The van der Waals surface area contributed by atoms with E-state index in [0.29, 0.717) is 12.4 Å². The normalized spacial score (nSPS) is 12.4. The molecule has 2 heterocycles. The second-order valence-electron chi connectivity index (χ2n) is 6.15. The molecule has 0 radical (unpaired) electrons. The van der Waals surface area contributed by atoms with Crippen LogP contribution in [0.4, 0.5) is 0 Å². The molecule has 2 rings (SSSR count). The van der Waals surface area contributed by atoms with Crippen LogP contribution in [0.2, 0.25) is 0 Å². The molecule has 7 heteroatoms. The van der Waals surface area contributed by atoms with Gasteiger partial charge in [-0.25, -0.2) is 4.98 Å². The third-order valence-corrected chi connectivity index (χ3v) is 3.54. The Kier molecular flexibility index (Phi) is 4.98. The van der Waals surface area contributed by atoms with Crippen molar-refractivity contribution in [3.8, 4) is 0 Å². The molecule has 0 aliphatic rings. The van der Waals surface area contributed by atoms with Crippen LogP contribution >= 0.6 is 0 Å². The van der Waals surface area contributed by atoms with E-state index in [4.69, 9.17) is 0 Å². The van der Waals surface area contributed by atoms with Crippen LogP contribution in [-0.4, -0.2) is 31.7 Å². The van der Waals surface area contributed by atoms with E-state index in [1.54, 1.807) is 0 Å². The quantitative estimate of drug-likeness (QED) is 0.874. The molecule has 2 aromatic rings. The van der Waals surface area contributed by atoms with Crippen molar-refractivity contribution in [3.63, 3.8) is 0 Å². The van der Waals surface area contributed by atoms with Crippen molar-refractivity contribution in [1.29, 1.82) is 0 Å². The molecule has 0 saturated carbocycles. The third kappa shape index (κ3) is 4.06. The molecule has 2 N–H and O–H groups in total. The summed E-state index contributed by atoms with van der Waals surface area (Å²) in [6.45, 7) is 10.2. The number of nitrogens with zero attached hydrogens (tertiary/aromatic N) is 3. The number of rotatable bonds is 5. The number of carbonyl (C=O) groups is 1. The van der Waals surface area contributed by atoms with Gasteiger partial charge < -0.3 is 10.3 Å². The summed E-state index contributed by atoms with van der Waals surface area (Å²) in [7, 11) is 0. The number of amides is 1. The van der Waals surface area contributed by atoms with Gasteiger partial charge >= 0.3 is 0 Å². The minimum atomic E-state index is -0.428. The van der Waals surface area contributed by atoms with Gasteiger partial charge in [0.2, 0.25) is 0 Å². The molecule has 1 atom stereocenters. The van der Waals surface area contributed by atoms with Crippen LogP contribution in [-0.2, 0) is 6.54 Å². The number of hydrogen-bond donors (Lipinski definition) is 2. The van der Waals surface area contributed by atoms with Gasteiger partial charge in [-0.1, -0.05) is 13.8 Å². The average molecular weight is 317 g/mol. The summed E-state index contributed by atoms with van der Waals surface area (Å²) >= 11 is 0. The largest absolute Gasteiger partial charge is 0.347 e. The van der Waals surface area contributed by atoms with Crippen molar-refractivity contribution < 1.29 is 4.79 Å². The van der Waals surface area contributed by atoms with Gasteiger partial charge in [-0.2, -0.15) is 5.10 Å². The summed E-state index contributed by atoms with van der Waals surface area (Å²) in [6, 6.07) is 1.82. The van der Waals surface area contributed by atoms with Gasteiger partial charge in [0.25, 0.3) is 11.5 Å². The number of aromatic amines is 1. The van der Waals surface area contributed by atoms with E-state index in [1.165, 1.54) is 6.20 Å². The highest BCUT2D eigenvalue weighted by Crippen LogP contribution is 2.06. The van der Waals surface area contributed by atoms with Crippen molar-refractivity contribution in [3.05, 3.63) is 45.4 Å². The highest BCUT2D eigenvalue weighted by molar-refractivity contribution is 5.93. The summed E-state index contributed by atoms with van der Waals surface area (Å²) in [5, 5.41) is 7.17. The second-order valence-corrected chi connectivity index (χ2v) is 6.15. The fraction of sp³-hybridized carbons (Fsp3) is 0.500. The Balaban J connectivity index is 2.06. The number of aromatic nitrogens is 4. The monoisotopic (exact) mass is 317 g/mol. The zero-order chi connectivity index (χ0) is 17.1. The number of carbonyl (C=O) groups excluding carboxylic acids is 1. The van der Waals surface area contributed by atoms with Crippen LogP contribution < -0.4 is 10.9 Å². The molecule has 124 valence electrons. The molecule has 7 nitrogen and oxygen atoms in total. The number of H-pyrrole nitrogens is 1. The lowest BCUT2D eigenvalue weighted by atomic mass is 10.2. The van der Waals surface area contributed by atoms with E-state index >= 15 is 0 Å². The maximum Gasteiger partial charge on any atom is 0.263 e. The van der Waals surface area contributed by atoms with Crippen LogP contribution in [0, 0.1) is 13.8 Å². The molecular weight excluding hydrogens is 294 g/mol. The fourth-order valence-corrected chi connectivity index (χ4v) is 2.33. The van der Waals surface area contributed by atoms with Crippen molar-refractivity contribution in [1.82, 2.24) is 25.1 Å². The maximum absolute atomic E-state index is 12.2. The number of aryl methyl sites for hydroxylation is 2. The van der Waals surface area contributed by atoms with E-state index in [0.717, 1.165) is 11.4 Å². The Bertz CT molecular complexity index is 760. The van der Waals surface area contributed by atoms with Gasteiger partial charge in [0.1, 0.15) is 11.4 Å². The summed E-state index contributed by atoms with van der Waals surface area (Å²) < 4.78 is 1.84. The maximum atomic E-state index is 12.2. The first kappa shape index (κ1) is 16.9. The summed E-state index contributed by atoms with van der Waals surface area (Å²) in [4.78, 5) is 31.0. The minimum absolute atomic E-state index is 0.0228. The lowest BCUT2D eigenvalue weighted by Crippen LogP contribution is -2.39. The first-order chi connectivity index (χ1) is 10.8. The molecule has 0 aromatic carbocycles. The highest BCUT2D eigenvalue weighted by Gasteiger charge is 2.16. The molecule has 0 aliphatic carbocycles. The Morgan fingerprint density at radius 1 is 1.35 bits per heavy atom. The number of nitrogens with one attached hydrogen (secondary N) is 2. The molecule has 0 spiro atoms. The summed E-state index contributed by atoms with van der Waals surface area (Å²) in [6.07, 6.45) is 1.33. The van der Waals surface area contributed by atoms with Gasteiger partial charge in [-0.15, -0.1) is 0 Å². The van der Waals surface area contributed by atoms with Gasteiger partial charge in [0.05, 0.1) is 12.2 Å². The molecule has 0 bridgehead atoms. The third-order valence-electron chi connectivity index (χ3n) is 3.54. The van der Waals surface area contributed by atoms with Crippen LogP contribution in [0.3, 0.4) is 0 Å². The molecule has 1 amide bonds. The van der Waals surface area contributed by atoms with Gasteiger partial charge in [0.15, 0.2) is 0 Å². The zero-order valence-electron chi connectivity index (χ0n) is 14.2. The Labute approximate surface area is 135 Å². The predicted octanol–water partition coefficient (Wildman–Crippen LogP) is 1.53. The van der Waals surface area contributed by atoms with E-state index < -0.39 is 11.5 Å². The Morgan fingerprint density at radius 2 is 2.04 bits per heavy atom. The van der Waals surface area contributed by atoms with Crippen LogP contribution in [0.1, 0.15) is 54.3 Å². The molecule has 0 saturated heterocycles. The Morgan fingerprint density at radius 3 is 2.57 bits per heavy atom. The smallest absolute Gasteiger partial charge is 0.263 e. The molecule has 0 aliphatic heterocycles. The van der Waals surface area contributed by atoms with Gasteiger partial charge in [-0.3, -0.25) is 14.3 Å². The van der Waals surface area contributed by atoms with E-state index in [-0.39, 0.29) is 17.5 Å². The van der Waals surface area contributed by atoms with Crippen LogP contribution in [0.25, 0.3) is 0 Å². The van der Waals surface area contributed by atoms with Gasteiger partial charge in [-0.05, 0) is 26.8 Å². The van der Waals surface area contributed by atoms with E-state index in [2.05, 4.69) is 20.4 Å². The first-order valence-electron chi connectivity index (χ1n) is 7.69. The van der Waals surface area contributed by atoms with Crippen molar-refractivity contribution in [2.75, 3.05) is 0 Å². The molecule has 0 fully saturated rings. The predicted molar refractivity (Wildman–Crippen MR) is 87.6 cm³/mol. The fourth-order valence-electron chi connectivity index (χ4n) is 2.33. The van der Waals surface area contributed by atoms with Gasteiger partial charge in [0, 0.05) is 23.9 Å². The number of hydrogen-bond acceptors (Lipinski definition) is 4. The lowest BCUT2D eigenvalue weighted by molar-refractivity contribution is 0.0933. The highest BCUT2D eigenvalue weighted by atomic mass is 16.2. The van der Waals surface area contributed by atoms with Crippen LogP contribution in [0.15, 0.2) is 17.1 Å². The first-order valence-corrected chi connectivity index (χ1v) is 7.69. The van der Waals surface area contributed by atoms with E-state index in [1.807, 2.05) is 45.4 Å². The molecule has 23 heavy (non-hydrogen) atoms. The van der Waals surface area contributed by atoms with Crippen molar-refractivity contribution >= 4 is 5.91 Å². The molecule has 0 unspecified atom stereocenters. The molecule has 2 aromatic heterocycles. The minimum Gasteiger partial charge on any atom is -0.347 e. The van der Waals surface area contributed by atoms with Crippen LogP contribution in [0.5, 0.6) is 0 Å². The average Bonchev–Trinajstić information content (AvgIpc) is 2.76. The summed E-state index contributed by atoms with van der Waals surface area (Å²) in [5.41, 5.74) is 1.57. The lowest BCUT2D eigenvalue weighted by Gasteiger charge is -2.15. The standard InChI is InChI=1S/C16H23N5O2/c1-9(2)14-17-7-13(16(23)19-14)15(22)18-11(4)8-21-12(5)6-10(3)20-21/h6-7,9,11H,8H2,1-5H3,(H,18,22)(H,17,19,23)/t11-/m0/s1. The summed E-state index contributed by atoms with van der Waals surface area (Å²) in [5.74, 6) is 0.245. The van der Waals surface area contributed by atoms with Crippen molar-refractivity contribution in [2.24, 2.45) is 0 Å². The zero-order valence-corrected chi connectivity index (χ0v) is 14.2.